The molecule has 150 valence electrons. The van der Waals surface area contributed by atoms with Crippen molar-refractivity contribution in [3.05, 3.63) is 88.9 Å². The van der Waals surface area contributed by atoms with E-state index in [9.17, 15) is 15.0 Å². The minimum Gasteiger partial charge on any atom is -0.478 e. The van der Waals surface area contributed by atoms with Gasteiger partial charge in [0.15, 0.2) is 0 Å². The van der Waals surface area contributed by atoms with E-state index in [4.69, 9.17) is 17.1 Å². The highest BCUT2D eigenvalue weighted by molar-refractivity contribution is 6.30. The Hall–Kier alpha value is -2.86. The van der Waals surface area contributed by atoms with Crippen molar-refractivity contribution in [1.29, 1.82) is 0 Å². The third-order valence-electron chi connectivity index (χ3n) is 4.22. The van der Waals surface area contributed by atoms with Crippen LogP contribution in [0, 0.1) is 0 Å². The molecule has 3 rings (SSSR count). The molecule has 3 aromatic rings. The van der Waals surface area contributed by atoms with Crippen LogP contribution in [0.2, 0.25) is 5.02 Å². The zero-order valence-corrected chi connectivity index (χ0v) is 16.3. The van der Waals surface area contributed by atoms with E-state index in [2.05, 4.69) is 10.6 Å². The van der Waals surface area contributed by atoms with Crippen LogP contribution in [-0.2, 0) is 0 Å². The van der Waals surface area contributed by atoms with Gasteiger partial charge in [-0.3, -0.25) is 0 Å². The quantitative estimate of drug-likeness (QED) is 0.389. The van der Waals surface area contributed by atoms with Crippen LogP contribution in [0.15, 0.2) is 72.7 Å². The van der Waals surface area contributed by atoms with E-state index in [1.54, 1.807) is 18.2 Å². The average molecular weight is 415 g/mol. The van der Waals surface area contributed by atoms with Crippen LogP contribution < -0.4 is 10.6 Å². The Morgan fingerprint density at radius 2 is 1.86 bits per heavy atom. The highest BCUT2D eigenvalue weighted by Crippen LogP contribution is 2.23. The largest absolute Gasteiger partial charge is 0.478 e. The van der Waals surface area contributed by atoms with E-state index in [0.29, 0.717) is 13.1 Å². The van der Waals surface area contributed by atoms with Crippen LogP contribution in [0.25, 0.3) is 11.1 Å². The Morgan fingerprint density at radius 3 is 2.66 bits per heavy atom. The van der Waals surface area contributed by atoms with Crippen LogP contribution in [0.5, 0.6) is 0 Å². The number of anilines is 1. The van der Waals surface area contributed by atoms with E-state index >= 15 is 0 Å². The van der Waals surface area contributed by atoms with Crippen LogP contribution in [-0.4, -0.2) is 35.8 Å². The van der Waals surface area contributed by atoms with Gasteiger partial charge in [0.1, 0.15) is 0 Å². The number of aromatic carboxylic acids is 1. The SMILES string of the molecule is [2H]c1c([2H])c(Cl)c([2H])c([C@@H](O)CNCCNc2cccc(-c3cccc(C(=O)O)c3)c2)c1[2H]. The number of aliphatic hydroxyl groups is 1. The van der Waals surface area contributed by atoms with Gasteiger partial charge < -0.3 is 20.8 Å². The van der Waals surface area contributed by atoms with Gasteiger partial charge in [0.25, 0.3) is 0 Å². The van der Waals surface area contributed by atoms with Crippen molar-refractivity contribution in [2.45, 2.75) is 6.10 Å². The Balaban J connectivity index is 1.56. The summed E-state index contributed by atoms with van der Waals surface area (Å²) in [4.78, 5) is 11.2. The number of carbonyl (C=O) groups is 1. The first kappa shape index (κ1) is 16.0. The first-order valence-electron chi connectivity index (χ1n) is 11.0. The van der Waals surface area contributed by atoms with Gasteiger partial charge in [-0.2, -0.15) is 0 Å². The molecule has 0 heterocycles. The maximum atomic E-state index is 11.2. The topological polar surface area (TPSA) is 81.6 Å². The standard InChI is InChI=1S/C23H23ClN2O3/c24-20-8-2-6-18(13-20)22(27)15-25-10-11-26-21-9-3-5-17(14-21)16-4-1-7-19(12-16)23(28)29/h1-9,12-14,22,25-27H,10-11,15H2,(H,28,29)/t22-/m0/s1/i2D,6D,8D,13D. The summed E-state index contributed by atoms with van der Waals surface area (Å²) in [5, 5.41) is 25.6. The van der Waals surface area contributed by atoms with Gasteiger partial charge in [-0.15, -0.1) is 0 Å². The lowest BCUT2D eigenvalue weighted by molar-refractivity contribution is 0.0697. The predicted octanol–water partition coefficient (Wildman–Crippen LogP) is 4.44. The molecular weight excluding hydrogens is 388 g/mol. The molecular formula is C23H23ClN2O3. The fraction of sp³-hybridized carbons (Fsp3) is 0.174. The molecule has 0 aliphatic heterocycles. The minimum atomic E-state index is -1.21. The predicted molar refractivity (Wildman–Crippen MR) is 117 cm³/mol. The van der Waals surface area contributed by atoms with Crippen LogP contribution >= 0.6 is 11.6 Å². The van der Waals surface area contributed by atoms with Gasteiger partial charge in [0.05, 0.1) is 17.2 Å². The monoisotopic (exact) mass is 414 g/mol. The summed E-state index contributed by atoms with van der Waals surface area (Å²) in [5.41, 5.74) is 2.66. The molecule has 6 heteroatoms. The van der Waals surface area contributed by atoms with Gasteiger partial charge in [0.2, 0.25) is 0 Å². The number of carboxylic acid groups (broad SMARTS) is 1. The Bertz CT molecular complexity index is 1150. The number of nitrogens with one attached hydrogen (secondary N) is 2. The summed E-state index contributed by atoms with van der Waals surface area (Å²) in [6, 6.07) is 12.8. The van der Waals surface area contributed by atoms with E-state index in [0.717, 1.165) is 16.8 Å². The highest BCUT2D eigenvalue weighted by atomic mass is 35.5. The van der Waals surface area contributed by atoms with Crippen molar-refractivity contribution in [2.75, 3.05) is 25.0 Å². The molecule has 5 nitrogen and oxygen atoms in total. The number of benzene rings is 3. The molecule has 0 aliphatic carbocycles. The molecule has 0 fully saturated rings. The maximum Gasteiger partial charge on any atom is 0.335 e. The molecule has 0 spiro atoms. The molecule has 0 aromatic heterocycles. The molecule has 0 radical (unpaired) electrons. The van der Waals surface area contributed by atoms with Gasteiger partial charge in [0, 0.05) is 30.3 Å². The summed E-state index contributed by atoms with van der Waals surface area (Å²) in [6.07, 6.45) is -1.21. The number of halogens is 1. The minimum absolute atomic E-state index is 0.0502. The lowest BCUT2D eigenvalue weighted by Gasteiger charge is -2.13. The second-order valence-corrected chi connectivity index (χ2v) is 6.72. The number of carboxylic acids is 1. The zero-order chi connectivity index (χ0) is 24.1. The van der Waals surface area contributed by atoms with E-state index in [1.165, 1.54) is 0 Å². The molecule has 0 unspecified atom stereocenters. The first-order chi connectivity index (χ1) is 15.7. The van der Waals surface area contributed by atoms with Crippen LogP contribution in [0.1, 0.15) is 27.5 Å². The number of aliphatic hydroxyl groups excluding tert-OH is 1. The maximum absolute atomic E-state index is 11.2. The third kappa shape index (κ3) is 6.06. The lowest BCUT2D eigenvalue weighted by atomic mass is 10.0. The summed E-state index contributed by atoms with van der Waals surface area (Å²) in [7, 11) is 0. The van der Waals surface area contributed by atoms with E-state index in [-0.39, 0.29) is 34.8 Å². The Kier molecular flexibility index (Phi) is 5.55. The third-order valence-corrected chi connectivity index (χ3v) is 4.41. The first-order valence-corrected chi connectivity index (χ1v) is 9.40. The molecule has 0 amide bonds. The fourth-order valence-electron chi connectivity index (χ4n) is 2.78. The molecule has 4 N–H and O–H groups in total. The van der Waals surface area contributed by atoms with Gasteiger partial charge in [-0.25, -0.2) is 4.79 Å². The second-order valence-electron chi connectivity index (χ2n) is 6.34. The highest BCUT2D eigenvalue weighted by Gasteiger charge is 2.07. The molecule has 0 saturated heterocycles. The summed E-state index contributed by atoms with van der Waals surface area (Å²) in [6.45, 7) is 1.03. The molecule has 0 saturated carbocycles. The van der Waals surface area contributed by atoms with Crippen molar-refractivity contribution < 1.29 is 20.5 Å². The second kappa shape index (κ2) is 10.1. The normalized spacial score (nSPS) is 13.7. The number of hydrogen-bond donors (Lipinski definition) is 4. The molecule has 0 aliphatic rings. The van der Waals surface area contributed by atoms with Crippen molar-refractivity contribution in [3.8, 4) is 11.1 Å². The van der Waals surface area contributed by atoms with Gasteiger partial charge >= 0.3 is 5.97 Å². The Labute approximate surface area is 180 Å². The van der Waals surface area contributed by atoms with Crippen molar-refractivity contribution in [2.24, 2.45) is 0 Å². The summed E-state index contributed by atoms with van der Waals surface area (Å²) >= 11 is 5.89. The molecule has 1 atom stereocenters. The van der Waals surface area contributed by atoms with Crippen LogP contribution in [0.3, 0.4) is 0 Å². The van der Waals surface area contributed by atoms with Crippen molar-refractivity contribution in [1.82, 2.24) is 5.32 Å². The van der Waals surface area contributed by atoms with Crippen LogP contribution in [0.4, 0.5) is 5.69 Å². The number of hydrogen-bond acceptors (Lipinski definition) is 4. The van der Waals surface area contributed by atoms with Crippen molar-refractivity contribution >= 4 is 23.3 Å². The molecule has 0 bridgehead atoms. The van der Waals surface area contributed by atoms with E-state index in [1.807, 2.05) is 30.3 Å². The average Bonchev–Trinajstić information content (AvgIpc) is 2.81. The smallest absolute Gasteiger partial charge is 0.335 e. The summed E-state index contributed by atoms with van der Waals surface area (Å²) < 4.78 is 31.3. The summed E-state index contributed by atoms with van der Waals surface area (Å²) in [5.74, 6) is -0.980. The zero-order valence-electron chi connectivity index (χ0n) is 19.5. The van der Waals surface area contributed by atoms with Crippen molar-refractivity contribution in [3.63, 3.8) is 0 Å². The Morgan fingerprint density at radius 1 is 1.10 bits per heavy atom. The lowest BCUT2D eigenvalue weighted by Crippen LogP contribution is -2.26. The van der Waals surface area contributed by atoms with E-state index < -0.39 is 24.2 Å². The van der Waals surface area contributed by atoms with Gasteiger partial charge in [-0.05, 0) is 53.0 Å². The fourth-order valence-corrected chi connectivity index (χ4v) is 2.93. The molecule has 3 aromatic carbocycles. The number of rotatable bonds is 9. The van der Waals surface area contributed by atoms with Gasteiger partial charge in [-0.1, -0.05) is 48.0 Å². The molecule has 29 heavy (non-hydrogen) atoms.